The lowest BCUT2D eigenvalue weighted by Crippen LogP contribution is -2.58. The summed E-state index contributed by atoms with van der Waals surface area (Å²) in [5.74, 6) is -2.53. The number of nitrogens with one attached hydrogen (secondary N) is 3. The molecule has 0 bridgehead atoms. The van der Waals surface area contributed by atoms with Crippen molar-refractivity contribution in [2.24, 2.45) is 5.92 Å². The molecule has 8 rings (SSSR count). The maximum Gasteiger partial charge on any atom is 0.416 e. The van der Waals surface area contributed by atoms with E-state index < -0.39 is 86.1 Å². The van der Waals surface area contributed by atoms with Crippen molar-refractivity contribution < 1.29 is 54.7 Å². The fourth-order valence-corrected chi connectivity index (χ4v) is 9.56. The third-order valence-electron chi connectivity index (χ3n) is 11.6. The van der Waals surface area contributed by atoms with Crippen molar-refractivity contribution in [3.05, 3.63) is 72.3 Å². The molecule has 2 aromatic heterocycles. The summed E-state index contributed by atoms with van der Waals surface area (Å²) >= 11 is 0. The number of allylic oxidation sites excluding steroid dienone is 1. The van der Waals surface area contributed by atoms with Gasteiger partial charge in [-0.15, -0.1) is 0 Å². The van der Waals surface area contributed by atoms with E-state index in [1.54, 1.807) is 45.0 Å². The maximum atomic E-state index is 14.7. The lowest BCUT2D eigenvalue weighted by atomic mass is 10.0. The third kappa shape index (κ3) is 9.10. The minimum absolute atomic E-state index is 0.102. The Morgan fingerprint density at radius 2 is 1.74 bits per heavy atom. The second-order valence-electron chi connectivity index (χ2n) is 17.6. The van der Waals surface area contributed by atoms with Crippen LogP contribution in [0.3, 0.4) is 0 Å². The molecular weight excluding hydrogens is 832 g/mol. The van der Waals surface area contributed by atoms with Gasteiger partial charge >= 0.3 is 12.3 Å². The monoisotopic (exact) mass is 879 g/mol. The van der Waals surface area contributed by atoms with E-state index in [9.17, 15) is 40.8 Å². The van der Waals surface area contributed by atoms with Crippen molar-refractivity contribution in [3.63, 3.8) is 0 Å². The van der Waals surface area contributed by atoms with Gasteiger partial charge in [-0.05, 0) is 83.6 Å². The number of rotatable bonds is 7. The number of ether oxygens (including phenoxy) is 2. The summed E-state index contributed by atoms with van der Waals surface area (Å²) in [6.45, 7) is 4.90. The number of hydrogen-bond acceptors (Lipinski definition) is 10. The smallest absolute Gasteiger partial charge is 0.416 e. The van der Waals surface area contributed by atoms with Crippen molar-refractivity contribution in [3.8, 4) is 17.0 Å². The Morgan fingerprint density at radius 1 is 1.00 bits per heavy atom. The summed E-state index contributed by atoms with van der Waals surface area (Å²) in [7, 11) is -3.97. The Labute approximate surface area is 356 Å². The van der Waals surface area contributed by atoms with Gasteiger partial charge in [-0.25, -0.2) is 18.2 Å². The molecule has 4 aliphatic rings. The van der Waals surface area contributed by atoms with E-state index in [0.717, 1.165) is 18.6 Å². The zero-order valence-corrected chi connectivity index (χ0v) is 35.2. The van der Waals surface area contributed by atoms with Crippen LogP contribution in [-0.2, 0) is 35.3 Å². The number of sulfonamides is 1. The Morgan fingerprint density at radius 3 is 2.45 bits per heavy atom. The highest BCUT2D eigenvalue weighted by atomic mass is 32.2. The van der Waals surface area contributed by atoms with Crippen LogP contribution in [0.2, 0.25) is 0 Å². The minimum atomic E-state index is -4.55. The number of hydrogen-bond donors (Lipinski definition) is 3. The number of benzene rings is 2. The highest BCUT2D eigenvalue weighted by molar-refractivity contribution is 7.91. The molecule has 3 N–H and O–H groups in total. The van der Waals surface area contributed by atoms with E-state index in [1.807, 2.05) is 12.2 Å². The number of carbonyl (C=O) groups is 4. The molecule has 1 saturated heterocycles. The van der Waals surface area contributed by atoms with Crippen molar-refractivity contribution in [1.82, 2.24) is 25.2 Å². The second kappa shape index (κ2) is 16.2. The number of amides is 4. The number of aromatic nitrogens is 1. The summed E-state index contributed by atoms with van der Waals surface area (Å²) in [6, 6.07) is 10.8. The largest absolute Gasteiger partial charge is 0.484 e. The molecule has 330 valence electrons. The summed E-state index contributed by atoms with van der Waals surface area (Å²) in [5.41, 5.74) is -1.60. The predicted molar refractivity (Wildman–Crippen MR) is 221 cm³/mol. The number of pyridine rings is 1. The van der Waals surface area contributed by atoms with Gasteiger partial charge in [0.15, 0.2) is 11.3 Å². The zero-order valence-electron chi connectivity index (χ0n) is 34.4. The Balaban J connectivity index is 1.15. The van der Waals surface area contributed by atoms with E-state index in [4.69, 9.17) is 18.9 Å². The standard InChI is InChI=1S/C44H48F3N5O9S/c1-42(2,3)61-41(56)49-31-13-8-6-4-5-7-11-27-23-43(27,40(55)51-62(57,58)29-19-20-29)50-38(53)33-21-28(24-52(33)39(31)54)59-35-22-32(25-15-17-26(18-16-25)44(45,46)47)48-36-30-12-9-10-14-34(30)60-37(35)36/h7,9-12,14-18,22,27-29,31,33H,4-6,8,13,19-21,23-24H2,1-3H3,(H,49,56)(H,50,53)(H,51,55)/b11-7-/t27-,28-,31+,33+,43-/m1/s1. The number of fused-ring (bicyclic) bond motifs is 5. The van der Waals surface area contributed by atoms with Gasteiger partial charge < -0.3 is 29.4 Å². The van der Waals surface area contributed by atoms with Crippen LogP contribution in [0.4, 0.5) is 18.0 Å². The van der Waals surface area contributed by atoms with Gasteiger partial charge in [0.2, 0.25) is 21.8 Å². The van der Waals surface area contributed by atoms with E-state index in [0.29, 0.717) is 54.2 Å². The molecule has 3 fully saturated rings. The van der Waals surface area contributed by atoms with E-state index in [1.165, 1.54) is 23.1 Å². The van der Waals surface area contributed by atoms with Crippen molar-refractivity contribution in [2.75, 3.05) is 6.54 Å². The average molecular weight is 880 g/mol. The van der Waals surface area contributed by atoms with Crippen LogP contribution in [0.25, 0.3) is 33.3 Å². The van der Waals surface area contributed by atoms with Gasteiger partial charge in [0.25, 0.3) is 5.91 Å². The molecule has 0 unspecified atom stereocenters. The first-order chi connectivity index (χ1) is 29.3. The second-order valence-corrected chi connectivity index (χ2v) is 19.5. The quantitative estimate of drug-likeness (QED) is 0.165. The minimum Gasteiger partial charge on any atom is -0.484 e. The fraction of sp³-hybridized carbons (Fsp3) is 0.477. The maximum absolute atomic E-state index is 14.7. The van der Waals surface area contributed by atoms with Gasteiger partial charge in [0.05, 0.1) is 23.1 Å². The van der Waals surface area contributed by atoms with Crippen LogP contribution >= 0.6 is 0 Å². The highest BCUT2D eigenvalue weighted by Crippen LogP contribution is 2.46. The summed E-state index contributed by atoms with van der Waals surface area (Å²) in [4.78, 5) is 62.3. The number of carbonyl (C=O) groups excluding carboxylic acids is 4. The summed E-state index contributed by atoms with van der Waals surface area (Å²) in [5, 5.41) is 5.48. The lowest BCUT2D eigenvalue weighted by molar-refractivity contribution is -0.141. The van der Waals surface area contributed by atoms with Crippen molar-refractivity contribution in [1.29, 1.82) is 0 Å². The third-order valence-corrected chi connectivity index (χ3v) is 13.4. The van der Waals surface area contributed by atoms with Gasteiger partial charge in [-0.1, -0.05) is 49.3 Å². The van der Waals surface area contributed by atoms with E-state index >= 15 is 0 Å². The topological polar surface area (TPSA) is 186 Å². The number of halogens is 3. The molecule has 5 atom stereocenters. The average Bonchev–Trinajstić information content (AvgIpc) is 4.10. The lowest BCUT2D eigenvalue weighted by Gasteiger charge is -2.30. The van der Waals surface area contributed by atoms with Crippen LogP contribution in [-0.4, -0.2) is 83.2 Å². The molecule has 62 heavy (non-hydrogen) atoms. The van der Waals surface area contributed by atoms with Gasteiger partial charge in [-0.3, -0.25) is 19.1 Å². The predicted octanol–water partition coefficient (Wildman–Crippen LogP) is 6.91. The fourth-order valence-electron chi connectivity index (χ4n) is 8.19. The molecule has 0 radical (unpaired) electrons. The Bertz CT molecular complexity index is 2550. The zero-order chi connectivity index (χ0) is 44.2. The van der Waals surface area contributed by atoms with Gasteiger partial charge in [0.1, 0.15) is 40.4 Å². The van der Waals surface area contributed by atoms with Gasteiger partial charge in [-0.2, -0.15) is 13.2 Å². The van der Waals surface area contributed by atoms with Crippen molar-refractivity contribution in [2.45, 2.75) is 119 Å². The molecule has 2 saturated carbocycles. The molecule has 4 heterocycles. The van der Waals surface area contributed by atoms with Crippen LogP contribution in [0.1, 0.15) is 84.1 Å². The van der Waals surface area contributed by atoms with Crippen LogP contribution < -0.4 is 20.1 Å². The molecule has 14 nitrogen and oxygen atoms in total. The van der Waals surface area contributed by atoms with Crippen LogP contribution in [0.5, 0.6) is 5.75 Å². The number of para-hydroxylation sites is 1. The first-order valence-corrected chi connectivity index (χ1v) is 22.4. The molecule has 18 heteroatoms. The van der Waals surface area contributed by atoms with Crippen LogP contribution in [0, 0.1) is 5.92 Å². The summed E-state index contributed by atoms with van der Waals surface area (Å²) < 4.78 is 86.8. The number of nitrogens with zero attached hydrogens (tertiary/aromatic N) is 2. The molecule has 4 amide bonds. The SMILES string of the molecule is CC(C)(C)OC(=O)N[C@H]1CCCCC/C=C\[C@@H]2C[C@@]2(C(=O)NS(=O)(=O)C2CC2)NC(=O)[C@@H]2C[C@@H](Oc3cc(-c4ccc(C(F)(F)F)cc4)nc4c3oc3ccccc34)CN2C1=O. The van der Waals surface area contributed by atoms with Crippen molar-refractivity contribution >= 4 is 55.9 Å². The van der Waals surface area contributed by atoms with E-state index in [-0.39, 0.29) is 42.8 Å². The molecule has 0 spiro atoms. The normalized spacial score (nSPS) is 25.5. The molecular formula is C44H48F3N5O9S. The number of alkyl carbamates (subject to hydrolysis) is 1. The first kappa shape index (κ1) is 43.0. The Kier molecular flexibility index (Phi) is 11.3. The van der Waals surface area contributed by atoms with Crippen LogP contribution in [0.15, 0.2) is 71.2 Å². The molecule has 2 aromatic carbocycles. The molecule has 4 aromatic rings. The number of alkyl halides is 3. The molecule has 2 aliphatic heterocycles. The number of furan rings is 1. The summed E-state index contributed by atoms with van der Waals surface area (Å²) in [6.07, 6.45) is 1.18. The molecule has 2 aliphatic carbocycles. The first-order valence-electron chi connectivity index (χ1n) is 20.8. The Hall–Kier alpha value is -5.65. The van der Waals surface area contributed by atoms with Gasteiger partial charge in [0, 0.05) is 29.4 Å². The highest BCUT2D eigenvalue weighted by Gasteiger charge is 2.62. The van der Waals surface area contributed by atoms with E-state index in [2.05, 4.69) is 15.4 Å².